The molecule has 0 spiro atoms. The summed E-state index contributed by atoms with van der Waals surface area (Å²) in [6.45, 7) is 0. The SMILES string of the molecule is COc1ccccc1-n1c(-c2nonc2N)nc2cncc(C=O)c21. The molecule has 0 unspecified atom stereocenters. The van der Waals surface area contributed by atoms with Gasteiger partial charge in [0.05, 0.1) is 30.1 Å². The fourth-order valence-corrected chi connectivity index (χ4v) is 2.70. The van der Waals surface area contributed by atoms with Crippen molar-refractivity contribution >= 4 is 23.1 Å². The highest BCUT2D eigenvalue weighted by molar-refractivity contribution is 5.97. The van der Waals surface area contributed by atoms with Crippen molar-refractivity contribution in [3.8, 4) is 23.0 Å². The summed E-state index contributed by atoms with van der Waals surface area (Å²) in [5.74, 6) is 1.05. The second-order valence-electron chi connectivity index (χ2n) is 5.16. The summed E-state index contributed by atoms with van der Waals surface area (Å²) in [6, 6.07) is 7.33. The minimum Gasteiger partial charge on any atom is -0.495 e. The number of nitrogens with zero attached hydrogens (tertiary/aromatic N) is 5. The highest BCUT2D eigenvalue weighted by Gasteiger charge is 2.23. The molecule has 9 heteroatoms. The van der Waals surface area contributed by atoms with Gasteiger partial charge < -0.3 is 10.5 Å². The van der Waals surface area contributed by atoms with Crippen molar-refractivity contribution in [3.05, 3.63) is 42.2 Å². The zero-order valence-electron chi connectivity index (χ0n) is 13.1. The minimum atomic E-state index is 0.0899. The quantitative estimate of drug-likeness (QED) is 0.560. The Morgan fingerprint density at radius 1 is 1.24 bits per heavy atom. The second-order valence-corrected chi connectivity index (χ2v) is 5.16. The number of benzene rings is 1. The summed E-state index contributed by atoms with van der Waals surface area (Å²) >= 11 is 0. The van der Waals surface area contributed by atoms with E-state index in [9.17, 15) is 4.79 Å². The lowest BCUT2D eigenvalue weighted by atomic mass is 10.2. The van der Waals surface area contributed by atoms with Crippen LogP contribution in [-0.4, -0.2) is 38.2 Å². The smallest absolute Gasteiger partial charge is 0.199 e. The molecule has 0 aliphatic heterocycles. The van der Waals surface area contributed by atoms with Crippen LogP contribution in [0.5, 0.6) is 5.75 Å². The molecule has 25 heavy (non-hydrogen) atoms. The average molecular weight is 336 g/mol. The Kier molecular flexibility index (Phi) is 3.38. The molecule has 4 rings (SSSR count). The first-order valence-corrected chi connectivity index (χ1v) is 7.28. The first-order valence-electron chi connectivity index (χ1n) is 7.28. The number of ether oxygens (including phenoxy) is 1. The standard InChI is InChI=1S/C16H12N6O3/c1-24-12-5-3-2-4-11(12)22-14-9(8-23)6-18-7-10(14)19-16(22)13-15(17)21-25-20-13/h2-8H,1H3,(H2,17,21). The summed E-state index contributed by atoms with van der Waals surface area (Å²) in [6.07, 6.45) is 3.75. The van der Waals surface area contributed by atoms with E-state index in [0.29, 0.717) is 33.9 Å². The molecule has 0 bridgehead atoms. The summed E-state index contributed by atoms with van der Waals surface area (Å²) in [5.41, 5.74) is 8.22. The Bertz CT molecular complexity index is 1080. The van der Waals surface area contributed by atoms with Gasteiger partial charge in [-0.3, -0.25) is 14.3 Å². The van der Waals surface area contributed by atoms with E-state index < -0.39 is 0 Å². The van der Waals surface area contributed by atoms with Gasteiger partial charge in [-0.15, -0.1) is 0 Å². The van der Waals surface area contributed by atoms with Crippen LogP contribution in [0, 0.1) is 0 Å². The molecule has 3 aromatic heterocycles. The van der Waals surface area contributed by atoms with Gasteiger partial charge in [0.15, 0.2) is 23.6 Å². The molecular weight excluding hydrogens is 324 g/mol. The van der Waals surface area contributed by atoms with E-state index in [1.165, 1.54) is 6.20 Å². The molecule has 0 saturated carbocycles. The monoisotopic (exact) mass is 336 g/mol. The summed E-state index contributed by atoms with van der Waals surface area (Å²) in [4.78, 5) is 20.1. The van der Waals surface area contributed by atoms with Crippen molar-refractivity contribution < 1.29 is 14.2 Å². The predicted molar refractivity (Wildman–Crippen MR) is 88.5 cm³/mol. The summed E-state index contributed by atoms with van der Waals surface area (Å²) < 4.78 is 11.9. The van der Waals surface area contributed by atoms with E-state index in [-0.39, 0.29) is 11.5 Å². The predicted octanol–water partition coefficient (Wildman–Crippen LogP) is 1.87. The number of pyridine rings is 1. The van der Waals surface area contributed by atoms with Crippen LogP contribution in [-0.2, 0) is 0 Å². The molecule has 0 aliphatic carbocycles. The van der Waals surface area contributed by atoms with Crippen molar-refractivity contribution in [1.82, 2.24) is 24.8 Å². The molecule has 0 aliphatic rings. The number of hydrogen-bond acceptors (Lipinski definition) is 8. The van der Waals surface area contributed by atoms with Crippen LogP contribution in [0.3, 0.4) is 0 Å². The van der Waals surface area contributed by atoms with Crippen molar-refractivity contribution in [2.75, 3.05) is 12.8 Å². The van der Waals surface area contributed by atoms with Gasteiger partial charge in [0.1, 0.15) is 11.3 Å². The number of anilines is 1. The van der Waals surface area contributed by atoms with Crippen LogP contribution in [0.15, 0.2) is 41.3 Å². The van der Waals surface area contributed by atoms with Crippen LogP contribution >= 0.6 is 0 Å². The number of hydrogen-bond donors (Lipinski definition) is 1. The van der Waals surface area contributed by atoms with E-state index in [1.54, 1.807) is 23.9 Å². The van der Waals surface area contributed by atoms with Crippen LogP contribution in [0.25, 0.3) is 28.2 Å². The molecule has 9 nitrogen and oxygen atoms in total. The molecule has 0 saturated heterocycles. The topological polar surface area (TPSA) is 122 Å². The lowest BCUT2D eigenvalue weighted by molar-refractivity contribution is 0.112. The number of imidazole rings is 1. The van der Waals surface area contributed by atoms with Crippen LogP contribution in [0.2, 0.25) is 0 Å². The number of aldehydes is 1. The van der Waals surface area contributed by atoms with Crippen molar-refractivity contribution in [1.29, 1.82) is 0 Å². The Morgan fingerprint density at radius 2 is 2.08 bits per heavy atom. The fourth-order valence-electron chi connectivity index (χ4n) is 2.70. The van der Waals surface area contributed by atoms with Gasteiger partial charge in [0.2, 0.25) is 0 Å². The molecule has 0 amide bonds. The molecule has 3 heterocycles. The van der Waals surface area contributed by atoms with Crippen molar-refractivity contribution in [2.45, 2.75) is 0 Å². The van der Waals surface area contributed by atoms with Crippen molar-refractivity contribution in [3.63, 3.8) is 0 Å². The Balaban J connectivity index is 2.17. The maximum absolute atomic E-state index is 11.5. The number of carbonyl (C=O) groups is 1. The number of methoxy groups -OCH3 is 1. The van der Waals surface area contributed by atoms with E-state index in [1.807, 2.05) is 18.2 Å². The van der Waals surface area contributed by atoms with Gasteiger partial charge in [0, 0.05) is 6.20 Å². The van der Waals surface area contributed by atoms with Gasteiger partial charge in [-0.25, -0.2) is 9.61 Å². The molecule has 124 valence electrons. The van der Waals surface area contributed by atoms with Gasteiger partial charge in [-0.1, -0.05) is 12.1 Å². The number of fused-ring (bicyclic) bond motifs is 1. The second kappa shape index (κ2) is 5.71. The highest BCUT2D eigenvalue weighted by atomic mass is 16.6. The van der Waals surface area contributed by atoms with E-state index >= 15 is 0 Å². The number of para-hydroxylation sites is 2. The maximum Gasteiger partial charge on any atom is 0.199 e. The maximum atomic E-state index is 11.5. The van der Waals surface area contributed by atoms with Crippen LogP contribution in [0.4, 0.5) is 5.82 Å². The molecule has 1 aromatic carbocycles. The van der Waals surface area contributed by atoms with Gasteiger partial charge in [-0.05, 0) is 22.4 Å². The number of rotatable bonds is 4. The molecule has 0 fully saturated rings. The van der Waals surface area contributed by atoms with E-state index in [2.05, 4.69) is 20.3 Å². The van der Waals surface area contributed by atoms with Gasteiger partial charge in [-0.2, -0.15) is 0 Å². The summed E-state index contributed by atoms with van der Waals surface area (Å²) in [7, 11) is 1.56. The van der Waals surface area contributed by atoms with Crippen LogP contribution in [0.1, 0.15) is 10.4 Å². The third-order valence-corrected chi connectivity index (χ3v) is 3.77. The highest BCUT2D eigenvalue weighted by Crippen LogP contribution is 2.34. The van der Waals surface area contributed by atoms with Crippen LogP contribution < -0.4 is 10.5 Å². The Morgan fingerprint density at radius 3 is 2.80 bits per heavy atom. The average Bonchev–Trinajstić information content (AvgIpc) is 3.24. The zero-order chi connectivity index (χ0) is 17.4. The number of nitrogens with two attached hydrogens (primary N) is 1. The molecule has 0 atom stereocenters. The Hall–Kier alpha value is -3.75. The minimum absolute atomic E-state index is 0.0899. The lowest BCUT2D eigenvalue weighted by Gasteiger charge is -2.12. The first-order chi connectivity index (χ1) is 12.2. The largest absolute Gasteiger partial charge is 0.495 e. The van der Waals surface area contributed by atoms with Crippen molar-refractivity contribution in [2.24, 2.45) is 0 Å². The first kappa shape index (κ1) is 14.8. The summed E-state index contributed by atoms with van der Waals surface area (Å²) in [5, 5.41) is 7.44. The fraction of sp³-hybridized carbons (Fsp3) is 0.0625. The molecule has 4 aromatic rings. The number of aromatic nitrogens is 5. The Labute approximate surface area is 141 Å². The van der Waals surface area contributed by atoms with E-state index in [0.717, 1.165) is 6.29 Å². The normalized spacial score (nSPS) is 10.9. The third-order valence-electron chi connectivity index (χ3n) is 3.77. The van der Waals surface area contributed by atoms with E-state index in [4.69, 9.17) is 15.1 Å². The van der Waals surface area contributed by atoms with Gasteiger partial charge >= 0.3 is 0 Å². The number of nitrogen functional groups attached to an aromatic ring is 1. The molecular formula is C16H12N6O3. The third kappa shape index (κ3) is 2.21. The van der Waals surface area contributed by atoms with Gasteiger partial charge in [0.25, 0.3) is 0 Å². The lowest BCUT2D eigenvalue weighted by Crippen LogP contribution is -2.03. The molecule has 2 N–H and O–H groups in total. The zero-order valence-corrected chi connectivity index (χ0v) is 13.1. The number of carbonyl (C=O) groups excluding carboxylic acids is 1. The molecule has 0 radical (unpaired) electrons.